The molecule has 8 heteroatoms. The molecule has 30 heavy (non-hydrogen) atoms. The van der Waals surface area contributed by atoms with Gasteiger partial charge >= 0.3 is 0 Å². The maximum Gasteiger partial charge on any atom is 0.238 e. The van der Waals surface area contributed by atoms with Crippen molar-refractivity contribution in [2.45, 2.75) is 12.0 Å². The van der Waals surface area contributed by atoms with Crippen molar-refractivity contribution < 1.29 is 9.53 Å². The fourth-order valence-electron chi connectivity index (χ4n) is 3.17. The molecular weight excluding hydrogens is 484 g/mol. The van der Waals surface area contributed by atoms with Gasteiger partial charge in [-0.15, -0.1) is 11.8 Å². The molecule has 0 radical (unpaired) electrons. The molecule has 0 unspecified atom stereocenters. The third-order valence-corrected chi connectivity index (χ3v) is 6.88. The zero-order valence-corrected chi connectivity index (χ0v) is 19.3. The molecule has 1 heterocycles. The molecule has 1 aliphatic heterocycles. The monoisotopic (exact) mass is 497 g/mol. The number of benzene rings is 3. The average molecular weight is 499 g/mol. The van der Waals surface area contributed by atoms with Crippen LogP contribution in [0.5, 0.6) is 5.75 Å². The quantitative estimate of drug-likeness (QED) is 0.361. The maximum absolute atomic E-state index is 12.7. The van der Waals surface area contributed by atoms with E-state index < -0.39 is 0 Å². The van der Waals surface area contributed by atoms with Crippen LogP contribution < -0.4 is 9.64 Å². The minimum atomic E-state index is -0.270. The highest BCUT2D eigenvalue weighted by Crippen LogP contribution is 2.46. The smallest absolute Gasteiger partial charge is 0.238 e. The van der Waals surface area contributed by atoms with E-state index >= 15 is 0 Å². The Kier molecular flexibility index (Phi) is 6.71. The van der Waals surface area contributed by atoms with Crippen LogP contribution in [0.25, 0.3) is 0 Å². The lowest BCUT2D eigenvalue weighted by Gasteiger charge is -2.26. The van der Waals surface area contributed by atoms with Gasteiger partial charge in [-0.25, -0.2) is 0 Å². The zero-order valence-electron chi connectivity index (χ0n) is 15.4. The van der Waals surface area contributed by atoms with E-state index in [0.717, 1.165) is 16.8 Å². The number of nitrogens with zero attached hydrogens (tertiary/aromatic N) is 1. The van der Waals surface area contributed by atoms with Gasteiger partial charge in [-0.05, 0) is 54.6 Å². The van der Waals surface area contributed by atoms with Crippen molar-refractivity contribution in [1.82, 2.24) is 0 Å². The Labute approximate surface area is 198 Å². The molecule has 0 aromatic heterocycles. The predicted molar refractivity (Wildman–Crippen MR) is 126 cm³/mol. The van der Waals surface area contributed by atoms with Gasteiger partial charge in [0.05, 0.1) is 5.75 Å². The predicted octanol–water partition coefficient (Wildman–Crippen LogP) is 7.66. The summed E-state index contributed by atoms with van der Waals surface area (Å²) in [5.41, 5.74) is 2.40. The van der Waals surface area contributed by atoms with Crippen molar-refractivity contribution in [2.24, 2.45) is 0 Å². The van der Waals surface area contributed by atoms with E-state index in [0.29, 0.717) is 31.6 Å². The number of halogens is 4. The topological polar surface area (TPSA) is 29.5 Å². The van der Waals surface area contributed by atoms with E-state index in [4.69, 9.17) is 51.1 Å². The normalized spacial score (nSPS) is 16.2. The Balaban J connectivity index is 1.65. The van der Waals surface area contributed by atoms with Crippen molar-refractivity contribution in [1.29, 1.82) is 0 Å². The Morgan fingerprint density at radius 1 is 0.900 bits per heavy atom. The van der Waals surface area contributed by atoms with Crippen LogP contribution in [-0.4, -0.2) is 11.7 Å². The molecule has 1 fully saturated rings. The minimum absolute atomic E-state index is 0.0130. The third-order valence-electron chi connectivity index (χ3n) is 4.61. The van der Waals surface area contributed by atoms with Crippen LogP contribution in [-0.2, 0) is 11.4 Å². The highest BCUT2D eigenvalue weighted by Gasteiger charge is 2.36. The molecular formula is C22H15Cl4NO2S. The van der Waals surface area contributed by atoms with E-state index in [1.165, 1.54) is 11.8 Å². The summed E-state index contributed by atoms with van der Waals surface area (Å²) in [6.45, 7) is 0.261. The minimum Gasteiger partial charge on any atom is -0.488 e. The number of hydrogen-bond acceptors (Lipinski definition) is 3. The molecule has 3 aromatic rings. The summed E-state index contributed by atoms with van der Waals surface area (Å²) in [4.78, 5) is 14.4. The molecule has 154 valence electrons. The van der Waals surface area contributed by atoms with E-state index in [2.05, 4.69) is 0 Å². The molecule has 3 nitrogen and oxygen atoms in total. The second-order valence-corrected chi connectivity index (χ2v) is 9.40. The molecule has 1 saturated heterocycles. The third kappa shape index (κ3) is 4.68. The lowest BCUT2D eigenvalue weighted by atomic mass is 10.1. The first-order valence-corrected chi connectivity index (χ1v) is 11.5. The van der Waals surface area contributed by atoms with Crippen molar-refractivity contribution >= 4 is 69.8 Å². The largest absolute Gasteiger partial charge is 0.488 e. The van der Waals surface area contributed by atoms with Crippen LogP contribution in [0.3, 0.4) is 0 Å². The summed E-state index contributed by atoms with van der Waals surface area (Å²) in [7, 11) is 0. The highest BCUT2D eigenvalue weighted by atomic mass is 35.5. The number of carbonyl (C=O) groups excluding carboxylic acids is 1. The van der Waals surface area contributed by atoms with Gasteiger partial charge in [-0.2, -0.15) is 0 Å². The summed E-state index contributed by atoms with van der Waals surface area (Å²) in [6.07, 6.45) is 0. The molecule has 0 spiro atoms. The van der Waals surface area contributed by atoms with E-state index in [1.54, 1.807) is 35.2 Å². The number of ether oxygens (including phenoxy) is 1. The average Bonchev–Trinajstić information content (AvgIpc) is 3.10. The standard InChI is InChI=1S/C22H15Cl4NO2S/c23-14-3-6-17(7-4-14)27-21(28)12-30-22(27)18-9-15(24)5-8-20(18)29-11-13-1-2-16(25)10-19(13)26/h1-10,22H,11-12H2/t22-/m0/s1. The number of hydrogen-bond donors (Lipinski definition) is 0. The van der Waals surface area contributed by atoms with Gasteiger partial charge in [0, 0.05) is 36.9 Å². The number of amides is 1. The molecule has 3 aromatic carbocycles. The SMILES string of the molecule is O=C1CS[C@@H](c2cc(Cl)ccc2OCc2ccc(Cl)cc2Cl)N1c1ccc(Cl)cc1. The molecule has 1 atom stereocenters. The van der Waals surface area contributed by atoms with Gasteiger partial charge in [-0.1, -0.05) is 52.5 Å². The summed E-state index contributed by atoms with van der Waals surface area (Å²) in [6, 6.07) is 17.9. The number of carbonyl (C=O) groups is 1. The Morgan fingerprint density at radius 2 is 1.57 bits per heavy atom. The Morgan fingerprint density at radius 3 is 2.30 bits per heavy atom. The van der Waals surface area contributed by atoms with Gasteiger partial charge in [0.1, 0.15) is 17.7 Å². The summed E-state index contributed by atoms with van der Waals surface area (Å²) in [5, 5.41) is 2.01. The summed E-state index contributed by atoms with van der Waals surface area (Å²) >= 11 is 26.1. The van der Waals surface area contributed by atoms with Crippen molar-refractivity contribution in [2.75, 3.05) is 10.7 Å². The Bertz CT molecular complexity index is 1090. The molecule has 4 rings (SSSR count). The molecule has 0 saturated carbocycles. The van der Waals surface area contributed by atoms with E-state index in [9.17, 15) is 4.79 Å². The fraction of sp³-hybridized carbons (Fsp3) is 0.136. The second-order valence-electron chi connectivity index (χ2n) is 6.61. The van der Waals surface area contributed by atoms with E-state index in [-0.39, 0.29) is 17.9 Å². The number of rotatable bonds is 5. The van der Waals surface area contributed by atoms with E-state index in [1.807, 2.05) is 30.3 Å². The van der Waals surface area contributed by atoms with Gasteiger partial charge in [0.15, 0.2) is 0 Å². The zero-order chi connectivity index (χ0) is 21.3. The van der Waals surface area contributed by atoms with Crippen LogP contribution in [0.15, 0.2) is 60.7 Å². The summed E-state index contributed by atoms with van der Waals surface area (Å²) in [5.74, 6) is 1.01. The van der Waals surface area contributed by atoms with Crippen LogP contribution >= 0.6 is 58.2 Å². The van der Waals surface area contributed by atoms with Gasteiger partial charge < -0.3 is 4.74 Å². The molecule has 0 bridgehead atoms. The first kappa shape index (κ1) is 21.7. The molecule has 1 aliphatic rings. The van der Waals surface area contributed by atoms with Crippen LogP contribution in [0.1, 0.15) is 16.5 Å². The van der Waals surface area contributed by atoms with Crippen LogP contribution in [0, 0.1) is 0 Å². The van der Waals surface area contributed by atoms with Gasteiger partial charge in [0.25, 0.3) is 0 Å². The molecule has 1 amide bonds. The lowest BCUT2D eigenvalue weighted by Crippen LogP contribution is -2.28. The van der Waals surface area contributed by atoms with Crippen molar-refractivity contribution in [3.63, 3.8) is 0 Å². The number of anilines is 1. The number of thioether (sulfide) groups is 1. The van der Waals surface area contributed by atoms with Crippen LogP contribution in [0.4, 0.5) is 5.69 Å². The first-order valence-electron chi connectivity index (χ1n) is 8.98. The highest BCUT2D eigenvalue weighted by molar-refractivity contribution is 8.00. The summed E-state index contributed by atoms with van der Waals surface area (Å²) < 4.78 is 6.09. The molecule has 0 N–H and O–H groups in total. The second kappa shape index (κ2) is 9.29. The lowest BCUT2D eigenvalue weighted by molar-refractivity contribution is -0.115. The first-order chi connectivity index (χ1) is 14.4. The van der Waals surface area contributed by atoms with Crippen LogP contribution in [0.2, 0.25) is 20.1 Å². The van der Waals surface area contributed by atoms with Crippen molar-refractivity contribution in [3.8, 4) is 5.75 Å². The Hall–Kier alpha value is -1.56. The van der Waals surface area contributed by atoms with Gasteiger partial charge in [0.2, 0.25) is 5.91 Å². The molecule has 0 aliphatic carbocycles. The van der Waals surface area contributed by atoms with Crippen molar-refractivity contribution in [3.05, 3.63) is 91.9 Å². The van der Waals surface area contributed by atoms with Gasteiger partial charge in [-0.3, -0.25) is 9.69 Å². The maximum atomic E-state index is 12.7. The fourth-order valence-corrected chi connectivity index (χ4v) is 5.13.